The van der Waals surface area contributed by atoms with Crippen molar-refractivity contribution >= 4 is 11.8 Å². The molecular formula is C20H33N5O3. The molecule has 8 nitrogen and oxygen atoms in total. The number of carbonyl (C=O) groups excluding carboxylic acids is 2. The molecule has 2 amide bonds. The fraction of sp³-hybridized carbons (Fsp3) is 0.750. The van der Waals surface area contributed by atoms with Crippen LogP contribution < -0.4 is 0 Å². The van der Waals surface area contributed by atoms with Crippen LogP contribution in [0, 0.1) is 0 Å². The van der Waals surface area contributed by atoms with Gasteiger partial charge in [0.2, 0.25) is 11.8 Å². The van der Waals surface area contributed by atoms with Crippen molar-refractivity contribution in [3.8, 4) is 0 Å². The Morgan fingerprint density at radius 1 is 1.29 bits per heavy atom. The van der Waals surface area contributed by atoms with Crippen LogP contribution in [0.5, 0.6) is 0 Å². The van der Waals surface area contributed by atoms with Gasteiger partial charge in [0.1, 0.15) is 6.04 Å². The van der Waals surface area contributed by atoms with E-state index >= 15 is 0 Å². The molecule has 1 aromatic heterocycles. The van der Waals surface area contributed by atoms with Crippen LogP contribution in [0.15, 0.2) is 18.5 Å². The maximum atomic E-state index is 12.9. The molecule has 0 radical (unpaired) electrons. The zero-order valence-electron chi connectivity index (χ0n) is 17.5. The molecule has 8 heteroatoms. The van der Waals surface area contributed by atoms with E-state index in [9.17, 15) is 9.59 Å². The summed E-state index contributed by atoms with van der Waals surface area (Å²) in [6.45, 7) is 9.57. The van der Waals surface area contributed by atoms with Gasteiger partial charge in [0.05, 0.1) is 18.8 Å². The summed E-state index contributed by atoms with van der Waals surface area (Å²) in [6.07, 6.45) is 5.90. The number of hydrogen-bond donors (Lipinski definition) is 0. The van der Waals surface area contributed by atoms with Crippen molar-refractivity contribution in [2.75, 3.05) is 39.8 Å². The van der Waals surface area contributed by atoms with Crippen molar-refractivity contribution in [3.05, 3.63) is 18.5 Å². The predicted molar refractivity (Wildman–Crippen MR) is 106 cm³/mol. The Morgan fingerprint density at radius 3 is 2.64 bits per heavy atom. The lowest BCUT2D eigenvalue weighted by Crippen LogP contribution is -2.52. The highest BCUT2D eigenvalue weighted by Crippen LogP contribution is 2.21. The fourth-order valence-corrected chi connectivity index (χ4v) is 4.40. The highest BCUT2D eigenvalue weighted by molar-refractivity contribution is 5.86. The molecular weight excluding hydrogens is 358 g/mol. The van der Waals surface area contributed by atoms with E-state index in [1.54, 1.807) is 37.1 Å². The van der Waals surface area contributed by atoms with Crippen molar-refractivity contribution in [3.63, 3.8) is 0 Å². The number of morpholine rings is 1. The van der Waals surface area contributed by atoms with Gasteiger partial charge in [-0.2, -0.15) is 5.10 Å². The monoisotopic (exact) mass is 391 g/mol. The Kier molecular flexibility index (Phi) is 6.72. The third kappa shape index (κ3) is 4.91. The molecule has 28 heavy (non-hydrogen) atoms. The lowest BCUT2D eigenvalue weighted by Gasteiger charge is -2.38. The van der Waals surface area contributed by atoms with E-state index in [0.717, 1.165) is 39.0 Å². The number of likely N-dealkylation sites (N-methyl/N-ethyl adjacent to an activating group) is 1. The van der Waals surface area contributed by atoms with Gasteiger partial charge in [-0.25, -0.2) is 0 Å². The minimum atomic E-state index is -0.418. The molecule has 0 saturated carbocycles. The Hall–Kier alpha value is -1.93. The number of aromatic nitrogens is 2. The Bertz CT molecular complexity index is 655. The summed E-state index contributed by atoms with van der Waals surface area (Å²) in [4.78, 5) is 31.4. The molecule has 0 aromatic carbocycles. The summed E-state index contributed by atoms with van der Waals surface area (Å²) in [7, 11) is 1.69. The summed E-state index contributed by atoms with van der Waals surface area (Å²) in [6, 6.07) is 1.59. The lowest BCUT2D eigenvalue weighted by atomic mass is 10.1. The number of carbonyl (C=O) groups is 2. The second-order valence-electron chi connectivity index (χ2n) is 8.22. The zero-order chi connectivity index (χ0) is 20.3. The van der Waals surface area contributed by atoms with Gasteiger partial charge in [-0.05, 0) is 39.7 Å². The Morgan fingerprint density at radius 2 is 2.00 bits per heavy atom. The molecule has 1 aromatic rings. The standard InChI is InChI=1S/C20H33N5O3/c1-15-11-23(12-16(2)28-15)13-18-7-5-9-24(18)19(26)14-22(4)20(27)17(3)25-10-6-8-21-25/h6,8,10,15-18H,5,7,9,11-14H2,1-4H3. The van der Waals surface area contributed by atoms with Crippen molar-refractivity contribution in [2.24, 2.45) is 0 Å². The van der Waals surface area contributed by atoms with Crippen LogP contribution in [0.3, 0.4) is 0 Å². The van der Waals surface area contributed by atoms with Crippen LogP contribution in [-0.2, 0) is 14.3 Å². The molecule has 0 spiro atoms. The normalized spacial score (nSPS) is 27.0. The topological polar surface area (TPSA) is 70.9 Å². The van der Waals surface area contributed by atoms with Crippen LogP contribution in [0.2, 0.25) is 0 Å². The minimum Gasteiger partial charge on any atom is -0.373 e. The summed E-state index contributed by atoms with van der Waals surface area (Å²) in [5.74, 6) is -0.0796. The van der Waals surface area contributed by atoms with Gasteiger partial charge in [-0.3, -0.25) is 19.2 Å². The number of ether oxygens (including phenoxy) is 1. The number of rotatable bonds is 6. The molecule has 4 unspecified atom stereocenters. The van der Waals surface area contributed by atoms with E-state index in [0.29, 0.717) is 0 Å². The van der Waals surface area contributed by atoms with E-state index < -0.39 is 6.04 Å². The van der Waals surface area contributed by atoms with Crippen LogP contribution in [0.1, 0.15) is 39.7 Å². The van der Waals surface area contributed by atoms with Crippen LogP contribution in [-0.4, -0.2) is 94.3 Å². The maximum absolute atomic E-state index is 12.9. The van der Waals surface area contributed by atoms with Gasteiger partial charge in [-0.15, -0.1) is 0 Å². The van der Waals surface area contributed by atoms with Crippen LogP contribution >= 0.6 is 0 Å². The van der Waals surface area contributed by atoms with Gasteiger partial charge in [-0.1, -0.05) is 0 Å². The van der Waals surface area contributed by atoms with E-state index in [1.165, 1.54) is 4.90 Å². The first-order valence-electron chi connectivity index (χ1n) is 10.3. The van der Waals surface area contributed by atoms with E-state index in [1.807, 2.05) is 4.90 Å². The van der Waals surface area contributed by atoms with Crippen molar-refractivity contribution < 1.29 is 14.3 Å². The number of hydrogen-bond acceptors (Lipinski definition) is 5. The molecule has 3 rings (SSSR count). The molecule has 0 bridgehead atoms. The summed E-state index contributed by atoms with van der Waals surface area (Å²) < 4.78 is 7.43. The Labute approximate surface area is 167 Å². The second kappa shape index (κ2) is 9.05. The fourth-order valence-electron chi connectivity index (χ4n) is 4.40. The van der Waals surface area contributed by atoms with Gasteiger partial charge in [0, 0.05) is 51.7 Å². The number of likely N-dealkylation sites (tertiary alicyclic amines) is 1. The molecule has 2 aliphatic rings. The van der Waals surface area contributed by atoms with Crippen LogP contribution in [0.4, 0.5) is 0 Å². The molecule has 3 heterocycles. The van der Waals surface area contributed by atoms with E-state index in [2.05, 4.69) is 23.8 Å². The van der Waals surface area contributed by atoms with Crippen molar-refractivity contribution in [1.82, 2.24) is 24.5 Å². The van der Waals surface area contributed by atoms with Crippen molar-refractivity contribution in [2.45, 2.75) is 57.9 Å². The van der Waals surface area contributed by atoms with Gasteiger partial charge >= 0.3 is 0 Å². The third-order valence-electron chi connectivity index (χ3n) is 5.69. The molecule has 2 saturated heterocycles. The largest absolute Gasteiger partial charge is 0.373 e. The first-order valence-corrected chi connectivity index (χ1v) is 10.3. The predicted octanol–water partition coefficient (Wildman–Crippen LogP) is 1.00. The molecule has 0 N–H and O–H groups in total. The van der Waals surface area contributed by atoms with Gasteiger partial charge in [0.15, 0.2) is 0 Å². The summed E-state index contributed by atoms with van der Waals surface area (Å²) >= 11 is 0. The average molecular weight is 392 g/mol. The SMILES string of the molecule is CC1CN(CC2CCCN2C(=O)CN(C)C(=O)C(C)n2cccn2)CC(C)O1. The average Bonchev–Trinajstić information content (AvgIpc) is 3.31. The van der Waals surface area contributed by atoms with Crippen molar-refractivity contribution in [1.29, 1.82) is 0 Å². The minimum absolute atomic E-state index is 0.0281. The lowest BCUT2D eigenvalue weighted by molar-refractivity contribution is -0.142. The summed E-state index contributed by atoms with van der Waals surface area (Å²) in [5, 5.41) is 4.12. The molecule has 4 atom stereocenters. The second-order valence-corrected chi connectivity index (χ2v) is 8.22. The smallest absolute Gasteiger partial charge is 0.247 e. The number of nitrogens with zero attached hydrogens (tertiary/aromatic N) is 5. The maximum Gasteiger partial charge on any atom is 0.247 e. The molecule has 2 fully saturated rings. The first-order chi connectivity index (χ1) is 13.3. The zero-order valence-corrected chi connectivity index (χ0v) is 17.5. The number of amides is 2. The van der Waals surface area contributed by atoms with Gasteiger partial charge in [0.25, 0.3) is 0 Å². The summed E-state index contributed by atoms with van der Waals surface area (Å²) in [5.41, 5.74) is 0. The molecule has 0 aliphatic carbocycles. The highest BCUT2D eigenvalue weighted by Gasteiger charge is 2.33. The van der Waals surface area contributed by atoms with E-state index in [4.69, 9.17) is 4.74 Å². The molecule has 2 aliphatic heterocycles. The first kappa shape index (κ1) is 20.8. The quantitative estimate of drug-likeness (QED) is 0.724. The Balaban J connectivity index is 1.54. The van der Waals surface area contributed by atoms with Crippen LogP contribution in [0.25, 0.3) is 0 Å². The van der Waals surface area contributed by atoms with Gasteiger partial charge < -0.3 is 14.5 Å². The molecule has 156 valence electrons. The van der Waals surface area contributed by atoms with E-state index in [-0.39, 0.29) is 36.6 Å². The third-order valence-corrected chi connectivity index (χ3v) is 5.69. The highest BCUT2D eigenvalue weighted by atomic mass is 16.5.